The van der Waals surface area contributed by atoms with Crippen LogP contribution >= 0.6 is 0 Å². The zero-order valence-electron chi connectivity index (χ0n) is 28.3. The largest absolute Gasteiger partial charge is 0.508 e. The van der Waals surface area contributed by atoms with Crippen molar-refractivity contribution in [2.45, 2.75) is 44.8 Å². The molecule has 13 nitrogen and oxygen atoms in total. The van der Waals surface area contributed by atoms with Crippen LogP contribution in [0.2, 0.25) is 0 Å². The van der Waals surface area contributed by atoms with E-state index in [-0.39, 0.29) is 71.2 Å². The number of aryl methyl sites for hydroxylation is 2. The molecule has 13 heteroatoms. The monoisotopic (exact) mass is 687 g/mol. The summed E-state index contributed by atoms with van der Waals surface area (Å²) >= 11 is 0. The summed E-state index contributed by atoms with van der Waals surface area (Å²) in [4.78, 5) is 73.4. The van der Waals surface area contributed by atoms with Gasteiger partial charge in [-0.15, -0.1) is 0 Å². The number of aromatic nitrogens is 5. The molecule has 1 aliphatic heterocycles. The van der Waals surface area contributed by atoms with Crippen molar-refractivity contribution >= 4 is 33.4 Å². The van der Waals surface area contributed by atoms with Gasteiger partial charge in [0.25, 0.3) is 5.56 Å². The molecule has 1 N–H and O–H groups in total. The molecule has 2 aromatic heterocycles. The predicted molar refractivity (Wildman–Crippen MR) is 188 cm³/mol. The van der Waals surface area contributed by atoms with Crippen molar-refractivity contribution in [3.8, 4) is 17.2 Å². The third kappa shape index (κ3) is 4.68. The molecule has 0 spiro atoms. The van der Waals surface area contributed by atoms with E-state index in [2.05, 4.69) is 4.98 Å². The molecule has 5 aromatic rings. The fourth-order valence-corrected chi connectivity index (χ4v) is 7.90. The maximum atomic E-state index is 14.2. The van der Waals surface area contributed by atoms with Crippen molar-refractivity contribution in [2.24, 2.45) is 7.05 Å². The number of phenolic OH excluding ortho intramolecular Hbond substituents is 1. The standard InChI is InChI=1S/C38H33N5O8/c1-19-15-29(45)33-23(35(19)46)16-26-22(34(33)32-21-8-6-5-7-20(21)9-10-28(32)44)11-14-42-37(48)41(38(49)43(26)42)13-12-24-36(47)40(2)27-18-31(51-4)30(50-3)17-25(27)39-24/h5-11,15,17-18,26,34,44H,12-14,16H2,1-4H3/t26-,34-/m1/s1. The van der Waals surface area contributed by atoms with Crippen LogP contribution in [0.4, 0.5) is 0 Å². The van der Waals surface area contributed by atoms with E-state index >= 15 is 0 Å². The average molecular weight is 688 g/mol. The minimum absolute atomic E-state index is 0.0140. The number of ether oxygens (including phenoxy) is 2. The number of ketones is 2. The van der Waals surface area contributed by atoms with Gasteiger partial charge in [-0.3, -0.25) is 14.4 Å². The summed E-state index contributed by atoms with van der Waals surface area (Å²) in [6, 6.07) is 13.3. The Hall–Kier alpha value is -6.24. The number of aromatic hydroxyl groups is 1. The summed E-state index contributed by atoms with van der Waals surface area (Å²) in [6.45, 7) is 1.47. The summed E-state index contributed by atoms with van der Waals surface area (Å²) < 4.78 is 16.0. The van der Waals surface area contributed by atoms with Crippen LogP contribution in [-0.2, 0) is 36.1 Å². The number of nitrogens with zero attached hydrogens (tertiary/aromatic N) is 5. The number of hydrogen-bond donors (Lipinski definition) is 1. The Morgan fingerprint density at radius 1 is 0.961 bits per heavy atom. The summed E-state index contributed by atoms with van der Waals surface area (Å²) in [5.41, 5.74) is 1.49. The lowest BCUT2D eigenvalue weighted by Crippen LogP contribution is -2.41. The van der Waals surface area contributed by atoms with Gasteiger partial charge >= 0.3 is 11.4 Å². The van der Waals surface area contributed by atoms with E-state index in [1.165, 1.54) is 34.2 Å². The molecule has 0 fully saturated rings. The Morgan fingerprint density at radius 2 is 1.71 bits per heavy atom. The Bertz CT molecular complexity index is 2670. The normalized spacial score (nSPS) is 18.4. The molecule has 0 radical (unpaired) electrons. The SMILES string of the molecule is COc1cc2nc(CCn3c(=O)n4n(c3=O)[C@@H]3CC5=C(C(=O)C=C(C)C5=O)[C@@H](c5c(O)ccc6ccccc56)C3=CC4)c(=O)n(C)c2cc1OC. The molecule has 0 bridgehead atoms. The molecule has 0 saturated heterocycles. The Kier molecular flexibility index (Phi) is 7.33. The first-order chi connectivity index (χ1) is 24.5. The van der Waals surface area contributed by atoms with Crippen molar-refractivity contribution in [2.75, 3.05) is 14.2 Å². The van der Waals surface area contributed by atoms with Crippen molar-refractivity contribution in [3.63, 3.8) is 0 Å². The smallest absolute Gasteiger partial charge is 0.347 e. The number of phenols is 1. The Balaban J connectivity index is 1.23. The Morgan fingerprint density at radius 3 is 2.47 bits per heavy atom. The minimum Gasteiger partial charge on any atom is -0.508 e. The highest BCUT2D eigenvalue weighted by Crippen LogP contribution is 2.52. The van der Waals surface area contributed by atoms with E-state index in [4.69, 9.17) is 9.47 Å². The van der Waals surface area contributed by atoms with E-state index in [1.807, 2.05) is 30.3 Å². The van der Waals surface area contributed by atoms with Crippen LogP contribution in [0.15, 0.2) is 97.4 Å². The molecule has 0 saturated carbocycles. The van der Waals surface area contributed by atoms with Gasteiger partial charge in [-0.05, 0) is 35.4 Å². The lowest BCUT2D eigenvalue weighted by molar-refractivity contribution is -0.116. The first-order valence-electron chi connectivity index (χ1n) is 16.5. The first kappa shape index (κ1) is 32.0. The molecule has 2 atom stereocenters. The summed E-state index contributed by atoms with van der Waals surface area (Å²) in [6.07, 6.45) is 3.15. The predicted octanol–water partition coefficient (Wildman–Crippen LogP) is 3.24. The fraction of sp³-hybridized carbons (Fsp3) is 0.263. The van der Waals surface area contributed by atoms with Gasteiger partial charge in [0.15, 0.2) is 23.1 Å². The van der Waals surface area contributed by atoms with Crippen LogP contribution in [0.25, 0.3) is 21.8 Å². The highest BCUT2D eigenvalue weighted by molar-refractivity contribution is 6.24. The van der Waals surface area contributed by atoms with Gasteiger partial charge in [0.2, 0.25) is 0 Å². The van der Waals surface area contributed by atoms with Crippen molar-refractivity contribution in [3.05, 3.63) is 126 Å². The van der Waals surface area contributed by atoms with Gasteiger partial charge in [0.05, 0.1) is 37.8 Å². The molecule has 2 aliphatic carbocycles. The highest BCUT2D eigenvalue weighted by Gasteiger charge is 2.45. The van der Waals surface area contributed by atoms with E-state index < -0.39 is 23.3 Å². The van der Waals surface area contributed by atoms with E-state index in [0.29, 0.717) is 39.1 Å². The molecular formula is C38H33N5O8. The number of allylic oxidation sites excluding steroid dienone is 6. The molecule has 0 amide bonds. The number of fused-ring (bicyclic) bond motifs is 5. The van der Waals surface area contributed by atoms with Crippen LogP contribution in [0.1, 0.15) is 36.6 Å². The van der Waals surface area contributed by atoms with Crippen molar-refractivity contribution < 1.29 is 24.2 Å². The highest BCUT2D eigenvalue weighted by atomic mass is 16.5. The summed E-state index contributed by atoms with van der Waals surface area (Å²) in [5.74, 6) is -0.655. The Labute approximate surface area is 289 Å². The van der Waals surface area contributed by atoms with E-state index in [9.17, 15) is 29.1 Å². The van der Waals surface area contributed by atoms with E-state index in [1.54, 1.807) is 38.2 Å². The molecule has 3 aliphatic rings. The topological polar surface area (TPSA) is 157 Å². The maximum Gasteiger partial charge on any atom is 0.347 e. The number of carbonyl (C=O) groups excluding carboxylic acids is 2. The number of Topliss-reactive ketones (excluding diaryl/α,β-unsaturated/α-hetero) is 1. The van der Waals surface area contributed by atoms with Crippen molar-refractivity contribution in [1.29, 1.82) is 0 Å². The second kappa shape index (κ2) is 11.7. The van der Waals surface area contributed by atoms with Gasteiger partial charge in [-0.25, -0.2) is 28.5 Å². The maximum absolute atomic E-state index is 14.2. The van der Waals surface area contributed by atoms with Crippen LogP contribution in [-0.4, -0.2) is 54.4 Å². The van der Waals surface area contributed by atoms with Gasteiger partial charge < -0.3 is 19.1 Å². The van der Waals surface area contributed by atoms with Crippen LogP contribution in [0, 0.1) is 0 Å². The fourth-order valence-electron chi connectivity index (χ4n) is 7.90. The number of benzene rings is 3. The molecule has 0 unspecified atom stereocenters. The second-order valence-corrected chi connectivity index (χ2v) is 13.0. The van der Waals surface area contributed by atoms with Gasteiger partial charge in [0, 0.05) is 66.8 Å². The third-order valence-electron chi connectivity index (χ3n) is 10.4. The third-order valence-corrected chi connectivity index (χ3v) is 10.4. The van der Waals surface area contributed by atoms with Gasteiger partial charge in [-0.2, -0.15) is 0 Å². The lowest BCUT2D eigenvalue weighted by Gasteiger charge is -2.40. The lowest BCUT2D eigenvalue weighted by atomic mass is 9.67. The molecular weight excluding hydrogens is 654 g/mol. The second-order valence-electron chi connectivity index (χ2n) is 13.0. The summed E-state index contributed by atoms with van der Waals surface area (Å²) in [5, 5.41) is 12.9. The van der Waals surface area contributed by atoms with Crippen LogP contribution in [0.3, 0.4) is 0 Å². The van der Waals surface area contributed by atoms with Crippen molar-refractivity contribution in [1.82, 2.24) is 23.5 Å². The zero-order chi connectivity index (χ0) is 35.9. The number of hydrogen-bond acceptors (Lipinski definition) is 9. The molecule has 258 valence electrons. The number of rotatable bonds is 6. The number of carbonyl (C=O) groups is 2. The summed E-state index contributed by atoms with van der Waals surface area (Å²) in [7, 11) is 4.60. The molecule has 3 aromatic carbocycles. The molecule has 51 heavy (non-hydrogen) atoms. The zero-order valence-corrected chi connectivity index (χ0v) is 28.3. The van der Waals surface area contributed by atoms with Crippen LogP contribution < -0.4 is 26.4 Å². The van der Waals surface area contributed by atoms with E-state index in [0.717, 1.165) is 9.95 Å². The van der Waals surface area contributed by atoms with Gasteiger partial charge in [-0.1, -0.05) is 36.4 Å². The molecule has 8 rings (SSSR count). The quantitative estimate of drug-likeness (QED) is 0.209. The first-order valence-corrected chi connectivity index (χ1v) is 16.5. The van der Waals surface area contributed by atoms with Gasteiger partial charge in [0.1, 0.15) is 11.4 Å². The molecule has 3 heterocycles. The van der Waals surface area contributed by atoms with Crippen LogP contribution in [0.5, 0.6) is 17.2 Å². The average Bonchev–Trinajstić information content (AvgIpc) is 3.38. The minimum atomic E-state index is -0.842. The number of methoxy groups -OCH3 is 2.